The van der Waals surface area contributed by atoms with E-state index >= 15 is 0 Å². The first-order chi connectivity index (χ1) is 51.9. The zero-order valence-electron chi connectivity index (χ0n) is 68.5. The van der Waals surface area contributed by atoms with Crippen molar-refractivity contribution in [2.45, 2.75) is 319 Å². The lowest BCUT2D eigenvalue weighted by molar-refractivity contribution is -0.314. The standard InChI is InChI=1S/C43H69NO10.C43H67NO10/c2*1-10-11-13-28-14-12-15-36(54-38-19-18-35(44(5)6)25(3)50-38)24(2)39(46)34-22-32-30(33(34)23-37(45)52-28)17-16-27-20-29(21-31(27)32)53-43-42(49-9)41(48-8)40(47-7)26(4)51-43/h16-17,22,24-33,35-36,38,40-43H,10-15,18-21,23H2,1-9H3;11,13,16-17,22,24-33,35-36,38,40-43H,10,12,14-15,18-21,23H2,1-9H3/b;13-11+/t2*24-,25-,26+,27?,28+,29-,30?,31?,32?,33?,35+,36+,38?,40+,41-,42-,43+/m11/s1. The molecule has 8 fully saturated rings. The third kappa shape index (κ3) is 19.5. The van der Waals surface area contributed by atoms with Gasteiger partial charge in [0.2, 0.25) is 0 Å². The third-order valence-electron chi connectivity index (χ3n) is 27.0. The fourth-order valence-electron chi connectivity index (χ4n) is 21.2. The van der Waals surface area contributed by atoms with Crippen LogP contribution in [0.5, 0.6) is 0 Å². The molecule has 22 heteroatoms. The Bertz CT molecular complexity index is 3080. The van der Waals surface area contributed by atoms with Crippen LogP contribution in [0.2, 0.25) is 0 Å². The number of hydrogen-bond donors (Lipinski definition) is 0. The largest absolute Gasteiger partial charge is 0.462 e. The van der Waals surface area contributed by atoms with E-state index in [-0.39, 0.29) is 199 Å². The number of hydrogen-bond acceptors (Lipinski definition) is 22. The second-order valence-corrected chi connectivity index (χ2v) is 34.1. The average molecular weight is 1520 g/mol. The van der Waals surface area contributed by atoms with E-state index in [4.69, 9.17) is 75.8 Å². The SMILES string of the molecule is CC/C=C/[C@H]1CCC[C@H](OC2CC[C@H](N(C)C)[C@@H](C)O2)[C@@H](C)C(=O)C2=CC3C(C=CC4C[C@@H](O[C@@H]5O[C@@H](C)[C@H](OC)[C@@H](OC)[C@H]5OC)CC43)C2CC(=O)O1.CCCC[C@H]1CCC[C@H](OC2CC[C@H](N(C)C)[C@@H](C)O2)[C@@H](C)C(=O)C2=CC3C(C=CC4C[C@@H](O[C@@H]5O[C@@H](C)[C@H](OC)[C@@H](OC)[C@H]5OC)CC43)C2CC(=O)O1. The number of fused-ring (bicyclic) bond motifs is 10. The highest BCUT2D eigenvalue weighted by Gasteiger charge is 2.56. The molecule has 12 rings (SSSR count). The van der Waals surface area contributed by atoms with E-state index in [1.54, 1.807) is 42.7 Å². The van der Waals surface area contributed by atoms with Gasteiger partial charge in [-0.3, -0.25) is 19.2 Å². The van der Waals surface area contributed by atoms with Crippen LogP contribution in [0.25, 0.3) is 0 Å². The number of esters is 2. The van der Waals surface area contributed by atoms with Crippen LogP contribution >= 0.6 is 0 Å². The van der Waals surface area contributed by atoms with Gasteiger partial charge in [-0.15, -0.1) is 0 Å². The van der Waals surface area contributed by atoms with Gasteiger partial charge in [0.05, 0.1) is 61.7 Å². The number of carbonyl (C=O) groups is 4. The summed E-state index contributed by atoms with van der Waals surface area (Å²) in [5, 5.41) is 0. The number of ether oxygens (including phenoxy) is 16. The van der Waals surface area contributed by atoms with Gasteiger partial charge in [0.1, 0.15) is 48.8 Å². The zero-order chi connectivity index (χ0) is 77.4. The molecule has 610 valence electrons. The molecule has 0 spiro atoms. The Kier molecular flexibility index (Phi) is 30.9. The Labute approximate surface area is 645 Å². The molecule has 0 radical (unpaired) electrons. The van der Waals surface area contributed by atoms with Crippen molar-refractivity contribution in [3.8, 4) is 0 Å². The molecule has 34 atom stereocenters. The van der Waals surface area contributed by atoms with E-state index in [1.165, 1.54) is 0 Å². The molecule has 0 amide bonds. The van der Waals surface area contributed by atoms with Gasteiger partial charge in [0.15, 0.2) is 36.7 Å². The molecule has 2 saturated carbocycles. The number of ketones is 2. The van der Waals surface area contributed by atoms with E-state index in [1.807, 2.05) is 33.8 Å². The van der Waals surface area contributed by atoms with Gasteiger partial charge in [-0.25, -0.2) is 0 Å². The van der Waals surface area contributed by atoms with E-state index in [9.17, 15) is 19.2 Å². The Morgan fingerprint density at radius 3 is 1.31 bits per heavy atom. The molecule has 12 unspecified atom stereocenters. The molecule has 12 aliphatic rings. The molecular weight excluding hydrogens is 1380 g/mol. The van der Waals surface area contributed by atoms with Gasteiger partial charge in [0, 0.05) is 78.4 Å². The van der Waals surface area contributed by atoms with Crippen molar-refractivity contribution >= 4 is 23.5 Å². The van der Waals surface area contributed by atoms with Crippen LogP contribution in [0.1, 0.15) is 184 Å². The summed E-state index contributed by atoms with van der Waals surface area (Å²) in [7, 11) is 18.3. The predicted octanol–water partition coefficient (Wildman–Crippen LogP) is 12.3. The maximum atomic E-state index is 14.7. The van der Waals surface area contributed by atoms with Crippen molar-refractivity contribution in [2.75, 3.05) is 70.8 Å². The topological polar surface area (TPSA) is 222 Å². The van der Waals surface area contributed by atoms with Gasteiger partial charge >= 0.3 is 11.9 Å². The Balaban J connectivity index is 0.000000215. The fourth-order valence-corrected chi connectivity index (χ4v) is 21.2. The molecule has 0 bridgehead atoms. The van der Waals surface area contributed by atoms with Crippen LogP contribution in [-0.2, 0) is 95.0 Å². The van der Waals surface area contributed by atoms with Crippen molar-refractivity contribution in [1.82, 2.24) is 9.80 Å². The van der Waals surface area contributed by atoms with Crippen LogP contribution in [-0.4, -0.2) is 239 Å². The van der Waals surface area contributed by atoms with E-state index < -0.39 is 24.8 Å². The Morgan fingerprint density at radius 1 is 0.463 bits per heavy atom. The highest BCUT2D eigenvalue weighted by molar-refractivity contribution is 6.00. The molecule has 0 aromatic heterocycles. The van der Waals surface area contributed by atoms with Gasteiger partial charge in [-0.2, -0.15) is 0 Å². The smallest absolute Gasteiger partial charge is 0.307 e. The summed E-state index contributed by atoms with van der Waals surface area (Å²) in [5.74, 6) is -0.0850. The molecule has 22 nitrogen and oxygen atoms in total. The summed E-state index contributed by atoms with van der Waals surface area (Å²) in [6.45, 7) is 16.5. The summed E-state index contributed by atoms with van der Waals surface area (Å²) in [6.07, 6.45) is 27.6. The molecule has 0 aromatic carbocycles. The first kappa shape index (κ1) is 85.2. The molecule has 108 heavy (non-hydrogen) atoms. The first-order valence-electron chi connectivity index (χ1n) is 41.6. The van der Waals surface area contributed by atoms with Crippen LogP contribution in [0, 0.1) is 71.0 Å². The average Bonchev–Trinajstić information content (AvgIpc) is 1.59. The second kappa shape index (κ2) is 39.1. The minimum Gasteiger partial charge on any atom is -0.462 e. The summed E-state index contributed by atoms with van der Waals surface area (Å²) in [6, 6.07) is 0.668. The fraction of sp³-hybridized carbons (Fsp3) is 0.837. The van der Waals surface area contributed by atoms with Crippen LogP contribution in [0.4, 0.5) is 0 Å². The number of allylic oxidation sites excluding steroid dienone is 9. The van der Waals surface area contributed by atoms with E-state index in [0.717, 1.165) is 107 Å². The highest BCUT2D eigenvalue weighted by atomic mass is 16.7. The molecule has 6 heterocycles. The molecule has 6 saturated heterocycles. The summed E-state index contributed by atoms with van der Waals surface area (Å²) >= 11 is 0. The number of likely N-dealkylation sites (N-methyl/N-ethyl adjacent to an activating group) is 2. The molecule has 0 N–H and O–H groups in total. The number of cyclic esters (lactones) is 2. The van der Waals surface area contributed by atoms with Crippen molar-refractivity contribution in [2.24, 2.45) is 71.0 Å². The zero-order valence-corrected chi connectivity index (χ0v) is 68.5. The summed E-state index contributed by atoms with van der Waals surface area (Å²) in [5.41, 5.74) is 1.52. The lowest BCUT2D eigenvalue weighted by atomic mass is 9.70. The summed E-state index contributed by atoms with van der Waals surface area (Å²) in [4.78, 5) is 61.3. The number of unbranched alkanes of at least 4 members (excludes halogenated alkanes) is 1. The number of methoxy groups -OCH3 is 6. The lowest BCUT2D eigenvalue weighted by Crippen LogP contribution is -2.59. The normalized spacial score (nSPS) is 44.6. The molecule has 6 aliphatic heterocycles. The number of Topliss-reactive ketones (excluding diaryl/α,β-unsaturated/α-hetero) is 2. The van der Waals surface area contributed by atoms with Crippen LogP contribution in [0.3, 0.4) is 0 Å². The van der Waals surface area contributed by atoms with Gasteiger partial charge < -0.3 is 85.6 Å². The van der Waals surface area contributed by atoms with Gasteiger partial charge in [-0.1, -0.05) is 83.1 Å². The van der Waals surface area contributed by atoms with E-state index in [2.05, 4.69) is 108 Å². The molecule has 6 aliphatic carbocycles. The second-order valence-electron chi connectivity index (χ2n) is 34.1. The summed E-state index contributed by atoms with van der Waals surface area (Å²) < 4.78 is 99.6. The van der Waals surface area contributed by atoms with Crippen molar-refractivity contribution < 1.29 is 95.0 Å². The molecular formula is C86H136N2O20. The minimum absolute atomic E-state index is 0.0270. The number of carbonyl (C=O) groups excluding carboxylic acids is 4. The monoisotopic (exact) mass is 1520 g/mol. The maximum Gasteiger partial charge on any atom is 0.307 e. The van der Waals surface area contributed by atoms with Crippen LogP contribution in [0.15, 0.2) is 59.8 Å². The number of nitrogens with zero attached hydrogens (tertiary/aromatic N) is 2. The predicted molar refractivity (Wildman–Crippen MR) is 407 cm³/mol. The van der Waals surface area contributed by atoms with E-state index in [0.29, 0.717) is 37.3 Å². The Morgan fingerprint density at radius 2 is 0.898 bits per heavy atom. The maximum absolute atomic E-state index is 14.7. The first-order valence-corrected chi connectivity index (χ1v) is 41.6. The molecule has 0 aromatic rings. The highest BCUT2D eigenvalue weighted by Crippen LogP contribution is 2.57. The lowest BCUT2D eigenvalue weighted by Gasteiger charge is -2.44. The Hall–Kier alpha value is -3.66. The third-order valence-corrected chi connectivity index (χ3v) is 27.0. The van der Waals surface area contributed by atoms with Gasteiger partial charge in [-0.05, 0) is 223 Å². The minimum atomic E-state index is -0.600. The van der Waals surface area contributed by atoms with Crippen molar-refractivity contribution in [3.05, 3.63) is 59.8 Å². The quantitative estimate of drug-likeness (QED) is 0.0769. The van der Waals surface area contributed by atoms with Gasteiger partial charge in [0.25, 0.3) is 0 Å². The van der Waals surface area contributed by atoms with Crippen LogP contribution < -0.4 is 0 Å². The van der Waals surface area contributed by atoms with Crippen molar-refractivity contribution in [1.29, 1.82) is 0 Å². The van der Waals surface area contributed by atoms with Crippen molar-refractivity contribution in [3.63, 3.8) is 0 Å². The number of rotatable bonds is 21.